The lowest BCUT2D eigenvalue weighted by molar-refractivity contribution is -0.134. The van der Waals surface area contributed by atoms with Crippen LogP contribution < -0.4 is 0 Å². The first kappa shape index (κ1) is 18.4. The molecule has 1 atom stereocenters. The van der Waals surface area contributed by atoms with E-state index in [4.69, 9.17) is 11.6 Å². The lowest BCUT2D eigenvalue weighted by Gasteiger charge is -2.34. The zero-order valence-electron chi connectivity index (χ0n) is 14.6. The summed E-state index contributed by atoms with van der Waals surface area (Å²) in [5.74, 6) is 0.728. The number of carbonyl (C=O) groups is 1. The van der Waals surface area contributed by atoms with Gasteiger partial charge in [0.1, 0.15) is 0 Å². The van der Waals surface area contributed by atoms with E-state index >= 15 is 0 Å². The van der Waals surface area contributed by atoms with E-state index in [0.29, 0.717) is 19.0 Å². The molecule has 0 saturated carbocycles. The maximum absolute atomic E-state index is 12.5. The zero-order chi connectivity index (χ0) is 17.6. The first-order chi connectivity index (χ1) is 12.1. The minimum atomic E-state index is -0.273. The molecular weight excluding hydrogens is 336 g/mol. The highest BCUT2D eigenvalue weighted by atomic mass is 35.5. The third-order valence-corrected chi connectivity index (χ3v) is 5.41. The smallest absolute Gasteiger partial charge is 0.236 e. The van der Waals surface area contributed by atoms with Gasteiger partial charge in [-0.05, 0) is 55.8 Å². The number of amides is 1. The van der Waals surface area contributed by atoms with Crippen LogP contribution in [0.1, 0.15) is 31.2 Å². The summed E-state index contributed by atoms with van der Waals surface area (Å²) in [6.07, 6.45) is 7.99. The predicted molar refractivity (Wildman–Crippen MR) is 101 cm³/mol. The second kappa shape index (κ2) is 8.84. The van der Waals surface area contributed by atoms with Crippen LogP contribution in [0.2, 0.25) is 5.02 Å². The van der Waals surface area contributed by atoms with Gasteiger partial charge in [-0.2, -0.15) is 0 Å². The predicted octanol–water partition coefficient (Wildman–Crippen LogP) is 3.05. The Kier molecular flexibility index (Phi) is 6.51. The summed E-state index contributed by atoms with van der Waals surface area (Å²) in [6, 6.07) is 7.84. The molecule has 1 N–H and O–H groups in total. The lowest BCUT2D eigenvalue weighted by atomic mass is 9.95. The third-order valence-electron chi connectivity index (χ3n) is 5.16. The molecule has 2 aliphatic rings. The number of carbonyl (C=O) groups excluding carboxylic acids is 1. The quantitative estimate of drug-likeness (QED) is 0.895. The summed E-state index contributed by atoms with van der Waals surface area (Å²) >= 11 is 5.91. The van der Waals surface area contributed by atoms with Crippen molar-refractivity contribution in [2.45, 2.75) is 31.8 Å². The third kappa shape index (κ3) is 5.56. The van der Waals surface area contributed by atoms with E-state index < -0.39 is 0 Å². The van der Waals surface area contributed by atoms with Crippen molar-refractivity contribution in [1.29, 1.82) is 0 Å². The molecule has 0 radical (unpaired) electrons. The molecule has 3 rings (SSSR count). The number of benzene rings is 1. The molecule has 0 bridgehead atoms. The van der Waals surface area contributed by atoms with Crippen LogP contribution >= 0.6 is 11.6 Å². The van der Waals surface area contributed by atoms with Crippen molar-refractivity contribution in [3.05, 3.63) is 40.9 Å². The van der Waals surface area contributed by atoms with E-state index in [-0.39, 0.29) is 12.0 Å². The largest absolute Gasteiger partial charge is 0.392 e. The van der Waals surface area contributed by atoms with Crippen molar-refractivity contribution >= 4 is 23.6 Å². The highest BCUT2D eigenvalue weighted by Gasteiger charge is 2.25. The molecule has 0 spiro atoms. The molecule has 136 valence electrons. The Labute approximate surface area is 155 Å². The number of hydrogen-bond acceptors (Lipinski definition) is 3. The molecule has 0 aromatic heterocycles. The highest BCUT2D eigenvalue weighted by Crippen LogP contribution is 2.21. The summed E-state index contributed by atoms with van der Waals surface area (Å²) in [6.45, 7) is 3.65. The molecule has 1 unspecified atom stereocenters. The average Bonchev–Trinajstić information content (AvgIpc) is 2.62. The molecule has 1 aromatic carbocycles. The summed E-state index contributed by atoms with van der Waals surface area (Å²) in [5, 5.41) is 10.5. The molecular formula is C20H27ClN2O2. The minimum absolute atomic E-state index is 0.203. The van der Waals surface area contributed by atoms with Crippen LogP contribution in [0.5, 0.6) is 0 Å². The topological polar surface area (TPSA) is 43.8 Å². The Morgan fingerprint density at radius 2 is 1.88 bits per heavy atom. The van der Waals surface area contributed by atoms with Gasteiger partial charge in [-0.3, -0.25) is 9.69 Å². The van der Waals surface area contributed by atoms with Crippen molar-refractivity contribution < 1.29 is 9.90 Å². The molecule has 1 amide bonds. The van der Waals surface area contributed by atoms with Gasteiger partial charge in [0, 0.05) is 24.7 Å². The van der Waals surface area contributed by atoms with Crippen molar-refractivity contribution in [3.63, 3.8) is 0 Å². The van der Waals surface area contributed by atoms with Crippen molar-refractivity contribution in [3.8, 4) is 0 Å². The lowest BCUT2D eigenvalue weighted by Crippen LogP contribution is -2.47. The molecule has 0 aliphatic carbocycles. The second-order valence-electron chi connectivity index (χ2n) is 7.16. The Hall–Kier alpha value is -1.36. The van der Waals surface area contributed by atoms with Crippen molar-refractivity contribution in [2.75, 3.05) is 32.7 Å². The molecule has 25 heavy (non-hydrogen) atoms. The zero-order valence-corrected chi connectivity index (χ0v) is 15.4. The van der Waals surface area contributed by atoms with Crippen LogP contribution in [0.15, 0.2) is 30.3 Å². The van der Waals surface area contributed by atoms with Crippen LogP contribution in [0.3, 0.4) is 0 Å². The minimum Gasteiger partial charge on any atom is -0.392 e. The monoisotopic (exact) mass is 362 g/mol. The number of aliphatic hydroxyl groups is 1. The van der Waals surface area contributed by atoms with Crippen LogP contribution in [-0.4, -0.2) is 59.6 Å². The van der Waals surface area contributed by atoms with Crippen LogP contribution in [-0.2, 0) is 4.79 Å². The summed E-state index contributed by atoms with van der Waals surface area (Å²) in [7, 11) is 0. The van der Waals surface area contributed by atoms with E-state index in [1.165, 1.54) is 0 Å². The van der Waals surface area contributed by atoms with Gasteiger partial charge in [0.2, 0.25) is 5.91 Å². The fraction of sp³-hybridized carbons (Fsp3) is 0.550. The number of likely N-dealkylation sites (tertiary alicyclic amines) is 2. The number of halogens is 1. The molecule has 2 heterocycles. The van der Waals surface area contributed by atoms with Crippen molar-refractivity contribution in [1.82, 2.24) is 9.80 Å². The molecule has 4 nitrogen and oxygen atoms in total. The van der Waals surface area contributed by atoms with E-state index in [1.54, 1.807) is 0 Å². The SMILES string of the molecule is O=C(CN1CCCC(O)C1)N1CCC(C=Cc2ccc(Cl)cc2)CC1. The van der Waals surface area contributed by atoms with E-state index in [2.05, 4.69) is 17.1 Å². The summed E-state index contributed by atoms with van der Waals surface area (Å²) < 4.78 is 0. The van der Waals surface area contributed by atoms with Gasteiger partial charge in [0.15, 0.2) is 0 Å². The van der Waals surface area contributed by atoms with E-state index in [9.17, 15) is 9.90 Å². The fourth-order valence-corrected chi connectivity index (χ4v) is 3.75. The Morgan fingerprint density at radius 3 is 2.56 bits per heavy atom. The molecule has 2 fully saturated rings. The average molecular weight is 363 g/mol. The fourth-order valence-electron chi connectivity index (χ4n) is 3.63. The number of allylic oxidation sites excluding steroid dienone is 1. The standard InChI is InChI=1S/C20H27ClN2O2/c21-18-7-5-16(6-8-18)3-4-17-9-12-23(13-10-17)20(25)15-22-11-1-2-19(24)14-22/h3-8,17,19,24H,1-2,9-15H2. The Balaban J connectivity index is 1.43. The van der Waals surface area contributed by atoms with Crippen LogP contribution in [0.25, 0.3) is 6.08 Å². The number of rotatable bonds is 4. The van der Waals surface area contributed by atoms with Crippen molar-refractivity contribution in [2.24, 2.45) is 5.92 Å². The van der Waals surface area contributed by atoms with Gasteiger partial charge >= 0.3 is 0 Å². The van der Waals surface area contributed by atoms with Crippen LogP contribution in [0, 0.1) is 5.92 Å². The number of piperidine rings is 2. The van der Waals surface area contributed by atoms with Gasteiger partial charge in [-0.15, -0.1) is 0 Å². The first-order valence-electron chi connectivity index (χ1n) is 9.22. The van der Waals surface area contributed by atoms with Gasteiger partial charge in [0.05, 0.1) is 12.6 Å². The molecule has 2 saturated heterocycles. The van der Waals surface area contributed by atoms with E-state index in [1.807, 2.05) is 29.2 Å². The number of hydrogen-bond donors (Lipinski definition) is 1. The van der Waals surface area contributed by atoms with Gasteiger partial charge in [-0.25, -0.2) is 0 Å². The normalized spacial score (nSPS) is 23.3. The van der Waals surface area contributed by atoms with Gasteiger partial charge in [0.25, 0.3) is 0 Å². The Bertz CT molecular complexity index is 594. The van der Waals surface area contributed by atoms with Crippen LogP contribution in [0.4, 0.5) is 0 Å². The molecule has 5 heteroatoms. The molecule has 1 aromatic rings. The van der Waals surface area contributed by atoms with E-state index in [0.717, 1.165) is 55.9 Å². The maximum atomic E-state index is 12.5. The highest BCUT2D eigenvalue weighted by molar-refractivity contribution is 6.30. The van der Waals surface area contributed by atoms with Gasteiger partial charge in [-0.1, -0.05) is 35.9 Å². The second-order valence-corrected chi connectivity index (χ2v) is 7.60. The van der Waals surface area contributed by atoms with Gasteiger partial charge < -0.3 is 10.0 Å². The Morgan fingerprint density at radius 1 is 1.16 bits per heavy atom. The number of β-amino-alcohol motifs (C(OH)–C–C–N with tert-alkyl or cyclic N) is 1. The number of nitrogens with zero attached hydrogens (tertiary/aromatic N) is 2. The summed E-state index contributed by atoms with van der Waals surface area (Å²) in [5.41, 5.74) is 1.16. The molecule has 2 aliphatic heterocycles. The number of aliphatic hydroxyl groups excluding tert-OH is 1. The summed E-state index contributed by atoms with van der Waals surface area (Å²) in [4.78, 5) is 16.5. The first-order valence-corrected chi connectivity index (χ1v) is 9.60. The maximum Gasteiger partial charge on any atom is 0.236 e.